The van der Waals surface area contributed by atoms with E-state index in [1.54, 1.807) is 6.20 Å². The fourth-order valence-corrected chi connectivity index (χ4v) is 3.60. The molecule has 1 unspecified atom stereocenters. The van der Waals surface area contributed by atoms with Crippen molar-refractivity contribution in [1.82, 2.24) is 25.2 Å². The van der Waals surface area contributed by atoms with E-state index in [1.165, 1.54) is 0 Å². The summed E-state index contributed by atoms with van der Waals surface area (Å²) >= 11 is 0. The normalized spacial score (nSPS) is 16.1. The number of carbonyl (C=O) groups excluding carboxylic acids is 1. The fraction of sp³-hybridized carbons (Fsp3) is 0.364. The Balaban J connectivity index is 1.54. The molecular formula is C22H25N5O2. The lowest BCUT2D eigenvalue weighted by molar-refractivity contribution is -0.125. The van der Waals surface area contributed by atoms with E-state index in [-0.39, 0.29) is 11.8 Å². The van der Waals surface area contributed by atoms with Crippen LogP contribution in [0.5, 0.6) is 0 Å². The Labute approximate surface area is 169 Å². The molecule has 0 aromatic carbocycles. The van der Waals surface area contributed by atoms with Gasteiger partial charge < -0.3 is 9.84 Å². The molecule has 0 saturated heterocycles. The van der Waals surface area contributed by atoms with Crippen LogP contribution in [-0.4, -0.2) is 32.4 Å². The number of nitrogens with one attached hydrogen (secondary N) is 1. The smallest absolute Gasteiger partial charge is 0.223 e. The van der Waals surface area contributed by atoms with Crippen molar-refractivity contribution in [2.75, 3.05) is 6.54 Å². The molecule has 3 heterocycles. The number of carbonyl (C=O) groups is 1. The third-order valence-corrected chi connectivity index (χ3v) is 5.18. The highest BCUT2D eigenvalue weighted by molar-refractivity contribution is 5.79. The van der Waals surface area contributed by atoms with Crippen molar-refractivity contribution in [3.05, 3.63) is 54.1 Å². The zero-order valence-corrected chi connectivity index (χ0v) is 16.8. The number of rotatable bonds is 6. The molecule has 1 atom stereocenters. The average Bonchev–Trinajstić information content (AvgIpc) is 3.35. The second kappa shape index (κ2) is 8.43. The zero-order valence-electron chi connectivity index (χ0n) is 16.8. The molecule has 29 heavy (non-hydrogen) atoms. The van der Waals surface area contributed by atoms with Crippen LogP contribution in [0.25, 0.3) is 22.6 Å². The number of hydrogen-bond donors (Lipinski definition) is 1. The summed E-state index contributed by atoms with van der Waals surface area (Å²) < 4.78 is 7.36. The number of pyridine rings is 1. The molecule has 3 aromatic rings. The number of allylic oxidation sites excluding steroid dienone is 2. The van der Waals surface area contributed by atoms with Gasteiger partial charge in [0.05, 0.1) is 29.7 Å². The number of aryl methyl sites for hydroxylation is 2. The van der Waals surface area contributed by atoms with Gasteiger partial charge in [0, 0.05) is 36.0 Å². The molecule has 0 saturated carbocycles. The monoisotopic (exact) mass is 391 g/mol. The lowest BCUT2D eigenvalue weighted by Gasteiger charge is -2.17. The second-order valence-electron chi connectivity index (χ2n) is 7.42. The minimum Gasteiger partial charge on any atom is -0.356 e. The second-order valence-corrected chi connectivity index (χ2v) is 7.42. The summed E-state index contributed by atoms with van der Waals surface area (Å²) in [4.78, 5) is 16.8. The maximum absolute atomic E-state index is 12.4. The van der Waals surface area contributed by atoms with Crippen LogP contribution in [0.15, 0.2) is 47.3 Å². The van der Waals surface area contributed by atoms with Gasteiger partial charge in [0.2, 0.25) is 5.91 Å². The molecule has 0 fully saturated rings. The first-order valence-electron chi connectivity index (χ1n) is 9.97. The maximum atomic E-state index is 12.4. The van der Waals surface area contributed by atoms with Crippen LogP contribution in [-0.2, 0) is 11.3 Å². The molecule has 1 N–H and O–H groups in total. The Hall–Kier alpha value is -3.22. The van der Waals surface area contributed by atoms with Crippen LogP contribution in [0.1, 0.15) is 30.7 Å². The van der Waals surface area contributed by atoms with E-state index in [0.29, 0.717) is 18.8 Å². The number of nitrogens with zero attached hydrogens (tertiary/aromatic N) is 4. The molecule has 7 heteroatoms. The highest BCUT2D eigenvalue weighted by Crippen LogP contribution is 2.32. The van der Waals surface area contributed by atoms with Gasteiger partial charge in [-0.25, -0.2) is 0 Å². The molecule has 1 aliphatic rings. The Morgan fingerprint density at radius 1 is 1.24 bits per heavy atom. The quantitative estimate of drug-likeness (QED) is 0.648. The molecule has 0 aliphatic heterocycles. The van der Waals surface area contributed by atoms with Crippen molar-refractivity contribution < 1.29 is 9.32 Å². The summed E-state index contributed by atoms with van der Waals surface area (Å²) in [5.74, 6) is 0.861. The maximum Gasteiger partial charge on any atom is 0.223 e. The molecule has 0 radical (unpaired) electrons. The summed E-state index contributed by atoms with van der Waals surface area (Å²) in [5.41, 5.74) is 4.48. The van der Waals surface area contributed by atoms with Crippen molar-refractivity contribution >= 4 is 5.91 Å². The lowest BCUT2D eigenvalue weighted by atomic mass is 9.94. The third-order valence-electron chi connectivity index (χ3n) is 5.18. The van der Waals surface area contributed by atoms with Crippen LogP contribution >= 0.6 is 0 Å². The topological polar surface area (TPSA) is 85.8 Å². The van der Waals surface area contributed by atoms with E-state index in [2.05, 4.69) is 32.7 Å². The minimum absolute atomic E-state index is 0.0751. The van der Waals surface area contributed by atoms with Crippen molar-refractivity contribution in [3.8, 4) is 22.6 Å². The van der Waals surface area contributed by atoms with E-state index in [9.17, 15) is 4.79 Å². The summed E-state index contributed by atoms with van der Waals surface area (Å²) in [5, 5.41) is 11.6. The Bertz CT molecular complexity index is 1020. The molecule has 3 aromatic heterocycles. The lowest BCUT2D eigenvalue weighted by Crippen LogP contribution is -2.33. The van der Waals surface area contributed by atoms with Crippen LogP contribution in [0.3, 0.4) is 0 Å². The standard InChI is InChI=1S/C22H25N5O2/c1-15-8-9-18(13-24-15)21-19(20-12-16(2)26-29-20)14-25-27(21)11-10-23-22(28)17-6-4-3-5-7-17/h3-4,8-9,12-14,17H,5-7,10-11H2,1-2H3,(H,23,28). The van der Waals surface area contributed by atoms with Gasteiger partial charge in [0.1, 0.15) is 0 Å². The summed E-state index contributed by atoms with van der Waals surface area (Å²) in [6.45, 7) is 4.92. The van der Waals surface area contributed by atoms with Crippen molar-refractivity contribution in [1.29, 1.82) is 0 Å². The van der Waals surface area contributed by atoms with Gasteiger partial charge in [-0.2, -0.15) is 5.10 Å². The first-order chi connectivity index (χ1) is 14.1. The van der Waals surface area contributed by atoms with Crippen LogP contribution < -0.4 is 5.32 Å². The largest absolute Gasteiger partial charge is 0.356 e. The first-order valence-corrected chi connectivity index (χ1v) is 9.97. The van der Waals surface area contributed by atoms with Crippen LogP contribution in [0, 0.1) is 19.8 Å². The van der Waals surface area contributed by atoms with Gasteiger partial charge in [-0.15, -0.1) is 0 Å². The van der Waals surface area contributed by atoms with E-state index in [4.69, 9.17) is 4.52 Å². The van der Waals surface area contributed by atoms with Crippen molar-refractivity contribution in [3.63, 3.8) is 0 Å². The predicted octanol–water partition coefficient (Wildman–Crippen LogP) is 3.69. The van der Waals surface area contributed by atoms with Gasteiger partial charge >= 0.3 is 0 Å². The number of aromatic nitrogens is 4. The van der Waals surface area contributed by atoms with E-state index >= 15 is 0 Å². The minimum atomic E-state index is 0.0751. The number of hydrogen-bond acceptors (Lipinski definition) is 5. The Morgan fingerprint density at radius 3 is 2.83 bits per heavy atom. The highest BCUT2D eigenvalue weighted by atomic mass is 16.5. The van der Waals surface area contributed by atoms with Gasteiger partial charge in [0.25, 0.3) is 0 Å². The summed E-state index contributed by atoms with van der Waals surface area (Å²) in [6, 6.07) is 5.89. The molecular weight excluding hydrogens is 366 g/mol. The van der Waals surface area contributed by atoms with Gasteiger partial charge in [-0.3, -0.25) is 14.5 Å². The van der Waals surface area contributed by atoms with Crippen LogP contribution in [0.4, 0.5) is 0 Å². The molecule has 1 aliphatic carbocycles. The third kappa shape index (κ3) is 4.29. The molecule has 4 rings (SSSR count). The molecule has 7 nitrogen and oxygen atoms in total. The molecule has 150 valence electrons. The van der Waals surface area contributed by atoms with Crippen molar-refractivity contribution in [2.24, 2.45) is 5.92 Å². The van der Waals surface area contributed by atoms with Crippen molar-refractivity contribution in [2.45, 2.75) is 39.7 Å². The predicted molar refractivity (Wildman–Crippen MR) is 110 cm³/mol. The van der Waals surface area contributed by atoms with Crippen LogP contribution in [0.2, 0.25) is 0 Å². The highest BCUT2D eigenvalue weighted by Gasteiger charge is 2.20. The van der Waals surface area contributed by atoms with Gasteiger partial charge in [0.15, 0.2) is 5.76 Å². The van der Waals surface area contributed by atoms with E-state index in [1.807, 2.05) is 42.9 Å². The van der Waals surface area contributed by atoms with Gasteiger partial charge in [-0.1, -0.05) is 17.3 Å². The summed E-state index contributed by atoms with van der Waals surface area (Å²) in [6.07, 6.45) is 10.6. The summed E-state index contributed by atoms with van der Waals surface area (Å²) in [7, 11) is 0. The molecule has 0 spiro atoms. The Morgan fingerprint density at radius 2 is 2.14 bits per heavy atom. The average molecular weight is 391 g/mol. The molecule has 0 bridgehead atoms. The number of amides is 1. The fourth-order valence-electron chi connectivity index (χ4n) is 3.60. The van der Waals surface area contributed by atoms with Gasteiger partial charge in [-0.05, 0) is 45.2 Å². The SMILES string of the molecule is Cc1ccc(-c2c(-c3cc(C)no3)cnn2CCNC(=O)C2CC=CCC2)cn1. The zero-order chi connectivity index (χ0) is 20.2. The Kier molecular flexibility index (Phi) is 5.55. The first kappa shape index (κ1) is 19.1. The van der Waals surface area contributed by atoms with E-state index < -0.39 is 0 Å². The van der Waals surface area contributed by atoms with E-state index in [0.717, 1.165) is 47.5 Å². The molecule has 1 amide bonds.